The van der Waals surface area contributed by atoms with Gasteiger partial charge in [-0.1, -0.05) is 11.6 Å². The molecule has 0 radical (unpaired) electrons. The molecule has 0 aliphatic heterocycles. The number of halogens is 3. The highest BCUT2D eigenvalue weighted by atomic mass is 35.5. The molecule has 0 unspecified atom stereocenters. The molecule has 0 amide bonds. The van der Waals surface area contributed by atoms with Crippen LogP contribution in [0.3, 0.4) is 0 Å². The van der Waals surface area contributed by atoms with E-state index in [0.29, 0.717) is 16.3 Å². The van der Waals surface area contributed by atoms with Crippen molar-refractivity contribution in [2.45, 2.75) is 44.1 Å². The molecule has 4 aliphatic rings. The number of hydrogen-bond donors (Lipinski definition) is 1. The molecule has 0 spiro atoms. The standard InChI is InChI=1S/C16H16Cl3N3/c17-12-13(11(7-20)14(18)21-15(12)19)22-16-4-8-1-9(5-16)3-10(2-8)6-16/h8-10H,1-6H2,(H,21,22)/p+1. The molecule has 1 heterocycles. The van der Waals surface area contributed by atoms with Crippen LogP contribution in [-0.2, 0) is 0 Å². The van der Waals surface area contributed by atoms with Gasteiger partial charge in [0.15, 0.2) is 5.56 Å². The zero-order valence-electron chi connectivity index (χ0n) is 12.1. The van der Waals surface area contributed by atoms with Crippen LogP contribution in [0.15, 0.2) is 0 Å². The Morgan fingerprint density at radius 3 is 2.05 bits per heavy atom. The van der Waals surface area contributed by atoms with Crippen LogP contribution in [0, 0.1) is 29.1 Å². The molecule has 6 heteroatoms. The van der Waals surface area contributed by atoms with E-state index in [1.165, 1.54) is 19.3 Å². The van der Waals surface area contributed by atoms with Gasteiger partial charge in [-0.05, 0) is 79.5 Å². The zero-order chi connectivity index (χ0) is 15.5. The SMILES string of the molecule is N#Cc1c(Cl)[nH+]c(Cl)c(Cl)c1NC12CC3CC(CC(C3)C1)C2. The van der Waals surface area contributed by atoms with Crippen LogP contribution in [0.1, 0.15) is 44.1 Å². The summed E-state index contributed by atoms with van der Waals surface area (Å²) in [6, 6.07) is 2.15. The first-order valence-electron chi connectivity index (χ1n) is 7.78. The van der Waals surface area contributed by atoms with Gasteiger partial charge in [0.2, 0.25) is 0 Å². The van der Waals surface area contributed by atoms with Crippen LogP contribution in [0.5, 0.6) is 0 Å². The number of nitrogens with one attached hydrogen (secondary N) is 2. The lowest BCUT2D eigenvalue weighted by atomic mass is 9.53. The summed E-state index contributed by atoms with van der Waals surface area (Å²) in [5, 5.41) is 13.9. The Hall–Kier alpha value is -0.690. The van der Waals surface area contributed by atoms with Gasteiger partial charge in [0.1, 0.15) is 11.1 Å². The molecule has 0 saturated heterocycles. The van der Waals surface area contributed by atoms with Crippen LogP contribution in [-0.4, -0.2) is 5.54 Å². The number of aromatic amines is 1. The summed E-state index contributed by atoms with van der Waals surface area (Å²) in [4.78, 5) is 2.74. The summed E-state index contributed by atoms with van der Waals surface area (Å²) < 4.78 is 0. The Morgan fingerprint density at radius 2 is 1.55 bits per heavy atom. The lowest BCUT2D eigenvalue weighted by molar-refractivity contribution is -0.372. The number of nitrogens with zero attached hydrogens (tertiary/aromatic N) is 1. The quantitative estimate of drug-likeness (QED) is 0.779. The van der Waals surface area contributed by atoms with E-state index in [-0.39, 0.29) is 15.8 Å². The van der Waals surface area contributed by atoms with Crippen molar-refractivity contribution in [3.63, 3.8) is 0 Å². The summed E-state index contributed by atoms with van der Waals surface area (Å²) in [5.74, 6) is 2.43. The average molecular weight is 358 g/mol. The number of aromatic nitrogens is 1. The molecule has 1 aromatic rings. The van der Waals surface area contributed by atoms with Crippen LogP contribution in [0.4, 0.5) is 5.69 Å². The van der Waals surface area contributed by atoms with Crippen molar-refractivity contribution in [2.24, 2.45) is 17.8 Å². The minimum atomic E-state index is 0.0536. The molecule has 22 heavy (non-hydrogen) atoms. The van der Waals surface area contributed by atoms with E-state index >= 15 is 0 Å². The second kappa shape index (κ2) is 5.16. The fourth-order valence-electron chi connectivity index (χ4n) is 5.29. The Labute approximate surface area is 145 Å². The van der Waals surface area contributed by atoms with E-state index < -0.39 is 0 Å². The van der Waals surface area contributed by atoms with Crippen molar-refractivity contribution in [3.8, 4) is 6.07 Å². The van der Waals surface area contributed by atoms with E-state index in [1.54, 1.807) is 0 Å². The molecule has 2 N–H and O–H groups in total. The van der Waals surface area contributed by atoms with Crippen molar-refractivity contribution in [2.75, 3.05) is 5.32 Å². The fourth-order valence-corrected chi connectivity index (χ4v) is 5.95. The van der Waals surface area contributed by atoms with Crippen LogP contribution >= 0.6 is 34.8 Å². The first kappa shape index (κ1) is 14.9. The maximum atomic E-state index is 9.43. The topological polar surface area (TPSA) is 50.0 Å². The van der Waals surface area contributed by atoms with E-state index in [9.17, 15) is 5.26 Å². The zero-order valence-corrected chi connectivity index (χ0v) is 14.3. The first-order chi connectivity index (χ1) is 10.5. The van der Waals surface area contributed by atoms with Gasteiger partial charge in [0.25, 0.3) is 10.3 Å². The molecule has 5 rings (SSSR count). The Kier molecular flexibility index (Phi) is 3.49. The molecule has 0 aromatic carbocycles. The molecule has 4 bridgehead atoms. The smallest absolute Gasteiger partial charge is 0.295 e. The molecule has 4 fully saturated rings. The van der Waals surface area contributed by atoms with Gasteiger partial charge in [0.05, 0.1) is 5.69 Å². The van der Waals surface area contributed by atoms with Crippen molar-refractivity contribution < 1.29 is 4.98 Å². The third kappa shape index (κ3) is 2.28. The number of anilines is 1. The van der Waals surface area contributed by atoms with Gasteiger partial charge < -0.3 is 5.32 Å². The van der Waals surface area contributed by atoms with Crippen LogP contribution < -0.4 is 10.3 Å². The lowest BCUT2D eigenvalue weighted by Gasteiger charge is -2.57. The van der Waals surface area contributed by atoms with Gasteiger partial charge in [-0.2, -0.15) is 10.2 Å². The highest BCUT2D eigenvalue weighted by Crippen LogP contribution is 2.57. The second-order valence-corrected chi connectivity index (χ2v) is 8.39. The minimum Gasteiger partial charge on any atom is -0.377 e. The van der Waals surface area contributed by atoms with Crippen molar-refractivity contribution in [1.82, 2.24) is 0 Å². The van der Waals surface area contributed by atoms with E-state index in [2.05, 4.69) is 16.4 Å². The lowest BCUT2D eigenvalue weighted by Crippen LogP contribution is -2.55. The second-order valence-electron chi connectivity index (χ2n) is 7.25. The molecular formula is C16H17Cl3N3+. The largest absolute Gasteiger partial charge is 0.377 e. The van der Waals surface area contributed by atoms with E-state index in [0.717, 1.165) is 37.0 Å². The van der Waals surface area contributed by atoms with Gasteiger partial charge in [-0.15, -0.1) is 0 Å². The summed E-state index contributed by atoms with van der Waals surface area (Å²) >= 11 is 18.6. The van der Waals surface area contributed by atoms with Gasteiger partial charge in [-0.25, -0.2) is 0 Å². The summed E-state index contributed by atoms with van der Waals surface area (Å²) in [5.41, 5.74) is 1.00. The van der Waals surface area contributed by atoms with Crippen LogP contribution in [0.25, 0.3) is 0 Å². The molecular weight excluding hydrogens is 341 g/mol. The van der Waals surface area contributed by atoms with Crippen molar-refractivity contribution in [1.29, 1.82) is 5.26 Å². The number of rotatable bonds is 2. The number of H-pyrrole nitrogens is 1. The number of pyridine rings is 1. The van der Waals surface area contributed by atoms with Gasteiger partial charge >= 0.3 is 0 Å². The summed E-state index contributed by atoms with van der Waals surface area (Å²) in [7, 11) is 0. The Morgan fingerprint density at radius 1 is 1.00 bits per heavy atom. The molecule has 4 saturated carbocycles. The Balaban J connectivity index is 1.74. The normalized spacial score (nSPS) is 35.5. The third-order valence-corrected chi connectivity index (χ3v) is 6.68. The van der Waals surface area contributed by atoms with Gasteiger partial charge in [0, 0.05) is 5.54 Å². The van der Waals surface area contributed by atoms with Crippen LogP contribution in [0.2, 0.25) is 15.3 Å². The summed E-state index contributed by atoms with van der Waals surface area (Å²) in [6.07, 6.45) is 7.58. The minimum absolute atomic E-state index is 0.0536. The first-order valence-corrected chi connectivity index (χ1v) is 8.91. The highest BCUT2D eigenvalue weighted by Gasteiger charge is 2.51. The number of nitriles is 1. The van der Waals surface area contributed by atoms with Gasteiger partial charge in [-0.3, -0.25) is 0 Å². The average Bonchev–Trinajstić information content (AvgIpc) is 2.43. The molecule has 4 aliphatic carbocycles. The molecule has 0 atom stereocenters. The van der Waals surface area contributed by atoms with Crippen molar-refractivity contribution in [3.05, 3.63) is 20.9 Å². The maximum Gasteiger partial charge on any atom is 0.295 e. The number of hydrogen-bond acceptors (Lipinski definition) is 2. The monoisotopic (exact) mass is 356 g/mol. The maximum absolute atomic E-state index is 9.43. The molecule has 116 valence electrons. The summed E-state index contributed by atoms with van der Waals surface area (Å²) in [6.45, 7) is 0. The predicted octanol–water partition coefficient (Wildman–Crippen LogP) is 4.71. The van der Waals surface area contributed by atoms with E-state index in [4.69, 9.17) is 34.8 Å². The Bertz CT molecular complexity index is 645. The predicted molar refractivity (Wildman–Crippen MR) is 87.3 cm³/mol. The van der Waals surface area contributed by atoms with Crippen molar-refractivity contribution >= 4 is 40.5 Å². The third-order valence-electron chi connectivity index (χ3n) is 5.64. The molecule has 1 aromatic heterocycles. The van der Waals surface area contributed by atoms with E-state index in [1.807, 2.05) is 0 Å². The fraction of sp³-hybridized carbons (Fsp3) is 0.625. The molecule has 3 nitrogen and oxygen atoms in total. The highest BCUT2D eigenvalue weighted by molar-refractivity contribution is 6.43.